The fraction of sp³-hybridized carbons (Fsp3) is 0.417. The summed E-state index contributed by atoms with van der Waals surface area (Å²) in [4.78, 5) is 10.3. The van der Waals surface area contributed by atoms with E-state index in [-0.39, 0.29) is 18.0 Å². The Bertz CT molecular complexity index is 382. The molecule has 94 valence electrons. The van der Waals surface area contributed by atoms with E-state index < -0.39 is 5.97 Å². The number of hydrogen-bond donors (Lipinski definition) is 2. The molecule has 1 aromatic carbocycles. The van der Waals surface area contributed by atoms with Crippen LogP contribution in [0.3, 0.4) is 0 Å². The van der Waals surface area contributed by atoms with Crippen molar-refractivity contribution in [3.63, 3.8) is 0 Å². The normalized spacial score (nSPS) is 10.2. The smallest absolute Gasteiger partial charge is 0.303 e. The lowest BCUT2D eigenvalue weighted by atomic mass is 10.2. The van der Waals surface area contributed by atoms with Crippen molar-refractivity contribution in [3.8, 4) is 5.75 Å². The Kier molecular flexibility index (Phi) is 5.42. The zero-order chi connectivity index (χ0) is 12.7. The van der Waals surface area contributed by atoms with E-state index in [2.05, 4.69) is 5.32 Å². The first-order chi connectivity index (χ1) is 8.15. The van der Waals surface area contributed by atoms with Crippen molar-refractivity contribution >= 4 is 5.97 Å². The van der Waals surface area contributed by atoms with Crippen LogP contribution in [0.15, 0.2) is 18.2 Å². The molecule has 4 nitrogen and oxygen atoms in total. The molecular formula is C12H16FNO3. The zero-order valence-electron chi connectivity index (χ0n) is 9.70. The molecule has 1 rings (SSSR count). The van der Waals surface area contributed by atoms with Crippen LogP contribution in [-0.2, 0) is 11.3 Å². The highest BCUT2D eigenvalue weighted by Crippen LogP contribution is 2.19. The van der Waals surface area contributed by atoms with E-state index >= 15 is 0 Å². The molecule has 0 unspecified atom stereocenters. The summed E-state index contributed by atoms with van der Waals surface area (Å²) in [5, 5.41) is 11.4. The first-order valence-electron chi connectivity index (χ1n) is 5.39. The Hall–Kier alpha value is -1.62. The lowest BCUT2D eigenvalue weighted by Crippen LogP contribution is -2.16. The van der Waals surface area contributed by atoms with E-state index in [4.69, 9.17) is 9.84 Å². The van der Waals surface area contributed by atoms with Crippen molar-refractivity contribution < 1.29 is 19.0 Å². The topological polar surface area (TPSA) is 58.6 Å². The molecule has 0 heterocycles. The van der Waals surface area contributed by atoms with Crippen LogP contribution >= 0.6 is 0 Å². The van der Waals surface area contributed by atoms with Crippen LogP contribution in [0.25, 0.3) is 0 Å². The van der Waals surface area contributed by atoms with Gasteiger partial charge in [-0.25, -0.2) is 4.39 Å². The Morgan fingerprint density at radius 2 is 2.29 bits per heavy atom. The Balaban J connectivity index is 2.39. The van der Waals surface area contributed by atoms with Crippen LogP contribution in [0.5, 0.6) is 5.75 Å². The molecule has 0 bridgehead atoms. The maximum Gasteiger partial charge on any atom is 0.303 e. The molecule has 0 radical (unpaired) electrons. The first kappa shape index (κ1) is 13.4. The second kappa shape index (κ2) is 6.85. The molecule has 0 aliphatic rings. The molecule has 0 spiro atoms. The fourth-order valence-electron chi connectivity index (χ4n) is 1.44. The van der Waals surface area contributed by atoms with E-state index in [0.29, 0.717) is 25.1 Å². The van der Waals surface area contributed by atoms with Crippen LogP contribution in [0, 0.1) is 5.82 Å². The predicted molar refractivity (Wildman–Crippen MR) is 61.5 cm³/mol. The highest BCUT2D eigenvalue weighted by atomic mass is 19.1. The SMILES string of the molecule is COc1cccc(CNCCCC(=O)O)c1F. The number of carboxylic acid groups (broad SMARTS) is 1. The van der Waals surface area contributed by atoms with Gasteiger partial charge in [0.2, 0.25) is 0 Å². The lowest BCUT2D eigenvalue weighted by molar-refractivity contribution is -0.137. The van der Waals surface area contributed by atoms with Crippen molar-refractivity contribution in [2.24, 2.45) is 0 Å². The van der Waals surface area contributed by atoms with E-state index in [1.807, 2.05) is 0 Å². The average molecular weight is 241 g/mol. The minimum absolute atomic E-state index is 0.119. The minimum atomic E-state index is -0.820. The van der Waals surface area contributed by atoms with E-state index in [1.165, 1.54) is 7.11 Å². The molecule has 17 heavy (non-hydrogen) atoms. The molecule has 1 aromatic rings. The molecule has 0 amide bonds. The van der Waals surface area contributed by atoms with Gasteiger partial charge in [-0.1, -0.05) is 12.1 Å². The van der Waals surface area contributed by atoms with Crippen LogP contribution in [0.4, 0.5) is 4.39 Å². The van der Waals surface area contributed by atoms with Crippen LogP contribution < -0.4 is 10.1 Å². The van der Waals surface area contributed by atoms with E-state index in [1.54, 1.807) is 18.2 Å². The summed E-state index contributed by atoms with van der Waals surface area (Å²) in [6.07, 6.45) is 0.647. The van der Waals surface area contributed by atoms with Crippen molar-refractivity contribution in [3.05, 3.63) is 29.6 Å². The Morgan fingerprint density at radius 1 is 1.53 bits per heavy atom. The van der Waals surface area contributed by atoms with Gasteiger partial charge in [-0.15, -0.1) is 0 Å². The van der Waals surface area contributed by atoms with Crippen molar-refractivity contribution in [1.82, 2.24) is 5.32 Å². The molecule has 0 aliphatic heterocycles. The van der Waals surface area contributed by atoms with Crippen LogP contribution in [0.1, 0.15) is 18.4 Å². The summed E-state index contributed by atoms with van der Waals surface area (Å²) in [6, 6.07) is 4.95. The van der Waals surface area contributed by atoms with E-state index in [9.17, 15) is 9.18 Å². The Morgan fingerprint density at radius 3 is 2.94 bits per heavy atom. The predicted octanol–water partition coefficient (Wildman–Crippen LogP) is 1.79. The Labute approximate surface area is 99.4 Å². The van der Waals surface area contributed by atoms with Gasteiger partial charge in [0.1, 0.15) is 0 Å². The van der Waals surface area contributed by atoms with Gasteiger partial charge in [0, 0.05) is 18.5 Å². The van der Waals surface area contributed by atoms with Gasteiger partial charge in [-0.05, 0) is 19.0 Å². The molecule has 0 saturated heterocycles. The first-order valence-corrected chi connectivity index (χ1v) is 5.39. The number of aliphatic carboxylic acids is 1. The number of hydrogen-bond acceptors (Lipinski definition) is 3. The van der Waals surface area contributed by atoms with Gasteiger partial charge < -0.3 is 15.2 Å². The highest BCUT2D eigenvalue weighted by Gasteiger charge is 2.07. The molecule has 0 aromatic heterocycles. The molecular weight excluding hydrogens is 225 g/mol. The summed E-state index contributed by atoms with van der Waals surface area (Å²) in [5.41, 5.74) is 0.514. The maximum absolute atomic E-state index is 13.7. The number of benzene rings is 1. The highest BCUT2D eigenvalue weighted by molar-refractivity contribution is 5.66. The summed E-state index contributed by atoms with van der Waals surface area (Å²) < 4.78 is 18.5. The second-order valence-electron chi connectivity index (χ2n) is 3.61. The third-order valence-corrected chi connectivity index (χ3v) is 2.32. The number of halogens is 1. The number of carboxylic acids is 1. The largest absolute Gasteiger partial charge is 0.494 e. The zero-order valence-corrected chi connectivity index (χ0v) is 9.70. The number of methoxy groups -OCH3 is 1. The molecule has 0 aliphatic carbocycles. The van der Waals surface area contributed by atoms with Gasteiger partial charge in [0.15, 0.2) is 11.6 Å². The number of rotatable bonds is 7. The molecule has 2 N–H and O–H groups in total. The van der Waals surface area contributed by atoms with Gasteiger partial charge >= 0.3 is 5.97 Å². The number of carbonyl (C=O) groups is 1. The standard InChI is InChI=1S/C12H16FNO3/c1-17-10-5-2-4-9(12(10)13)8-14-7-3-6-11(15)16/h2,4-5,14H,3,6-8H2,1H3,(H,15,16). The van der Waals surface area contributed by atoms with Crippen molar-refractivity contribution in [2.75, 3.05) is 13.7 Å². The maximum atomic E-state index is 13.7. The monoisotopic (exact) mass is 241 g/mol. The molecule has 0 fully saturated rings. The van der Waals surface area contributed by atoms with Gasteiger partial charge in [-0.2, -0.15) is 0 Å². The van der Waals surface area contributed by atoms with Crippen LogP contribution in [0.2, 0.25) is 0 Å². The second-order valence-corrected chi connectivity index (χ2v) is 3.61. The minimum Gasteiger partial charge on any atom is -0.494 e. The number of ether oxygens (including phenoxy) is 1. The fourth-order valence-corrected chi connectivity index (χ4v) is 1.44. The summed E-state index contributed by atoms with van der Waals surface area (Å²) >= 11 is 0. The summed E-state index contributed by atoms with van der Waals surface area (Å²) in [5.74, 6) is -0.977. The van der Waals surface area contributed by atoms with Gasteiger partial charge in [-0.3, -0.25) is 4.79 Å². The quantitative estimate of drug-likeness (QED) is 0.714. The summed E-state index contributed by atoms with van der Waals surface area (Å²) in [6.45, 7) is 0.908. The van der Waals surface area contributed by atoms with E-state index in [0.717, 1.165) is 0 Å². The third kappa shape index (κ3) is 4.40. The molecule has 0 atom stereocenters. The van der Waals surface area contributed by atoms with Crippen molar-refractivity contribution in [1.29, 1.82) is 0 Å². The van der Waals surface area contributed by atoms with Crippen molar-refractivity contribution in [2.45, 2.75) is 19.4 Å². The van der Waals surface area contributed by atoms with Crippen LogP contribution in [-0.4, -0.2) is 24.7 Å². The summed E-state index contributed by atoms with van der Waals surface area (Å²) in [7, 11) is 1.42. The molecule has 5 heteroatoms. The van der Waals surface area contributed by atoms with Gasteiger partial charge in [0.25, 0.3) is 0 Å². The third-order valence-electron chi connectivity index (χ3n) is 2.32. The average Bonchev–Trinajstić information content (AvgIpc) is 2.30. The number of nitrogens with one attached hydrogen (secondary N) is 1. The lowest BCUT2D eigenvalue weighted by Gasteiger charge is -2.08. The van der Waals surface area contributed by atoms with Gasteiger partial charge in [0.05, 0.1) is 7.11 Å². The molecule has 0 saturated carbocycles.